The molecule has 0 saturated carbocycles. The van der Waals surface area contributed by atoms with Crippen molar-refractivity contribution in [2.45, 2.75) is 43.5 Å². The largest absolute Gasteiger partial charge is 0.305 e. The summed E-state index contributed by atoms with van der Waals surface area (Å²) < 4.78 is 10.2. The van der Waals surface area contributed by atoms with E-state index < -0.39 is 13.3 Å². The van der Waals surface area contributed by atoms with E-state index in [1.54, 1.807) is 6.20 Å². The van der Waals surface area contributed by atoms with Crippen LogP contribution < -0.4 is 4.40 Å². The minimum Gasteiger partial charge on any atom is -0.305 e. The van der Waals surface area contributed by atoms with E-state index in [0.29, 0.717) is 5.65 Å². The van der Waals surface area contributed by atoms with Crippen molar-refractivity contribution in [3.05, 3.63) is 139 Å². The van der Waals surface area contributed by atoms with Crippen LogP contribution in [0.4, 0.5) is 0 Å². The zero-order valence-electron chi connectivity index (χ0n) is 28.6. The van der Waals surface area contributed by atoms with E-state index in [9.17, 15) is 0 Å². The summed E-state index contributed by atoms with van der Waals surface area (Å²) in [6, 6.07) is 43.7. The molecule has 0 aliphatic rings. The predicted molar refractivity (Wildman–Crippen MR) is 201 cm³/mol. The molecule has 7 heteroatoms. The molecule has 0 saturated heterocycles. The third kappa shape index (κ3) is 7.05. The third-order valence-electron chi connectivity index (χ3n) is 8.56. The van der Waals surface area contributed by atoms with Gasteiger partial charge in [0.2, 0.25) is 0 Å². The van der Waals surface area contributed by atoms with E-state index in [1.807, 2.05) is 60.8 Å². The van der Waals surface area contributed by atoms with Crippen LogP contribution in [0.2, 0.25) is 17.3 Å². The zero-order chi connectivity index (χ0) is 33.5. The van der Waals surface area contributed by atoms with Gasteiger partial charge in [0.05, 0.1) is 0 Å². The number of pyridine rings is 2. The van der Waals surface area contributed by atoms with Crippen molar-refractivity contribution in [1.29, 1.82) is 0 Å². The van der Waals surface area contributed by atoms with Gasteiger partial charge in [-0.1, -0.05) is 32.9 Å². The van der Waals surface area contributed by atoms with Crippen LogP contribution in [0, 0.1) is 12.1 Å². The average Bonchev–Trinajstić information content (AvgIpc) is 3.67. The molecule has 0 bridgehead atoms. The summed E-state index contributed by atoms with van der Waals surface area (Å²) >= 11 is -1.99. The van der Waals surface area contributed by atoms with E-state index in [2.05, 4.69) is 114 Å². The number of hydrogen-bond donors (Lipinski definition) is 0. The van der Waals surface area contributed by atoms with Gasteiger partial charge < -0.3 is 4.98 Å². The van der Waals surface area contributed by atoms with Gasteiger partial charge in [-0.3, -0.25) is 0 Å². The molecule has 0 N–H and O–H groups in total. The number of rotatable bonds is 4. The molecular formula is C42H38GeIrN4O-2. The van der Waals surface area contributed by atoms with Crippen LogP contribution in [0.1, 0.15) is 26.3 Å². The molecular weight excluding hydrogens is 841 g/mol. The van der Waals surface area contributed by atoms with Crippen LogP contribution in [0.15, 0.2) is 126 Å². The second-order valence-electron chi connectivity index (χ2n) is 14.1. The number of para-hydroxylation sites is 1. The Morgan fingerprint density at radius 1 is 0.755 bits per heavy atom. The average molecular weight is 880 g/mol. The van der Waals surface area contributed by atoms with Gasteiger partial charge in [-0.15, -0.1) is 35.9 Å². The van der Waals surface area contributed by atoms with Gasteiger partial charge in [0, 0.05) is 26.3 Å². The number of aromatic nitrogens is 4. The molecule has 4 heterocycles. The number of benzene rings is 4. The van der Waals surface area contributed by atoms with Gasteiger partial charge in [0.1, 0.15) is 0 Å². The van der Waals surface area contributed by atoms with Gasteiger partial charge in [0.25, 0.3) is 0 Å². The number of fused-ring (bicyclic) bond motifs is 4. The molecule has 49 heavy (non-hydrogen) atoms. The van der Waals surface area contributed by atoms with Crippen LogP contribution in [0.3, 0.4) is 0 Å². The van der Waals surface area contributed by atoms with Crippen molar-refractivity contribution in [2.24, 2.45) is 0 Å². The summed E-state index contributed by atoms with van der Waals surface area (Å²) in [5.41, 5.74) is 8.48. The number of imidazole rings is 1. The molecule has 4 aromatic carbocycles. The van der Waals surface area contributed by atoms with Gasteiger partial charge in [-0.05, 0) is 11.8 Å². The quantitative estimate of drug-likeness (QED) is 0.131. The molecule has 0 unspecified atom stereocenters. The summed E-state index contributed by atoms with van der Waals surface area (Å²) in [5.74, 6) is 8.01. The van der Waals surface area contributed by atoms with Crippen LogP contribution >= 0.6 is 0 Å². The first-order chi connectivity index (χ1) is 23.1. The van der Waals surface area contributed by atoms with Crippen molar-refractivity contribution in [3.8, 4) is 28.3 Å². The molecule has 0 aliphatic heterocycles. The fraction of sp³-hybridized carbons (Fsp3) is 0.167. The summed E-state index contributed by atoms with van der Waals surface area (Å²) in [6.45, 7) is 6.62. The molecule has 1 radical (unpaired) electrons. The molecule has 8 aromatic rings. The van der Waals surface area contributed by atoms with Crippen molar-refractivity contribution >= 4 is 50.8 Å². The summed E-state index contributed by atoms with van der Waals surface area (Å²) in [4.78, 5) is 14.0. The fourth-order valence-corrected chi connectivity index (χ4v) is 8.23. The topological polar surface area (TPSA) is 56.7 Å². The second-order valence-corrected chi connectivity index (χ2v) is 24.7. The smallest absolute Gasteiger partial charge is 0.0160 e. The van der Waals surface area contributed by atoms with Crippen molar-refractivity contribution in [1.82, 2.24) is 19.5 Å². The SMILES string of the molecule is CC(C)(C)c1cnc2nc(-c3[c-]ccc4c3oc3c[c]([Ge]([CH3])([CH3])[CH3])ccc34)n(-c3ccccc3)c2c1.[Ir].[c-]1ccccc1-c1ccccn1. The summed E-state index contributed by atoms with van der Waals surface area (Å²) in [5, 5.41) is 2.22. The van der Waals surface area contributed by atoms with E-state index in [4.69, 9.17) is 14.4 Å². The molecule has 5 nitrogen and oxygen atoms in total. The van der Waals surface area contributed by atoms with Crippen LogP contribution in [-0.2, 0) is 25.5 Å². The first kappa shape index (κ1) is 34.5. The van der Waals surface area contributed by atoms with Crippen molar-refractivity contribution in [3.63, 3.8) is 0 Å². The van der Waals surface area contributed by atoms with Crippen molar-refractivity contribution in [2.75, 3.05) is 0 Å². The molecule has 247 valence electrons. The third-order valence-corrected chi connectivity index (χ3v) is 12.9. The maximum absolute atomic E-state index is 6.56. The molecule has 0 fully saturated rings. The summed E-state index contributed by atoms with van der Waals surface area (Å²) in [7, 11) is 0. The maximum atomic E-state index is 6.56. The Labute approximate surface area is 304 Å². The van der Waals surface area contributed by atoms with Gasteiger partial charge in [-0.2, -0.15) is 0 Å². The molecule has 8 rings (SSSR count). The van der Waals surface area contributed by atoms with E-state index in [-0.39, 0.29) is 25.5 Å². The Balaban J connectivity index is 0.000000270. The molecule has 0 spiro atoms. The minimum atomic E-state index is -1.99. The Morgan fingerprint density at radius 2 is 1.53 bits per heavy atom. The fourth-order valence-electron chi connectivity index (χ4n) is 5.83. The van der Waals surface area contributed by atoms with Crippen LogP contribution in [0.25, 0.3) is 61.4 Å². The van der Waals surface area contributed by atoms with Gasteiger partial charge in [0.15, 0.2) is 0 Å². The number of nitrogens with zero attached hydrogens (tertiary/aromatic N) is 4. The molecule has 0 atom stereocenters. The second kappa shape index (κ2) is 13.9. The Bertz CT molecular complexity index is 2320. The van der Waals surface area contributed by atoms with Crippen LogP contribution in [-0.4, -0.2) is 32.8 Å². The number of furan rings is 1. The Kier molecular flexibility index (Phi) is 9.77. The zero-order valence-corrected chi connectivity index (χ0v) is 33.1. The Hall–Kier alpha value is -4.36. The standard InChI is InChI=1S/C31H30GeN3O.C11H8N.Ir/c1-31(2,3)20-17-26-29(33-19-20)34-30(35(26)22-11-8-7-9-12-22)25-14-10-13-24-23-16-15-21(32(4,5)6)18-27(23)36-28(24)25;1-2-6-10(7-3-1)11-8-4-5-9-12-11;/h7-13,15-19H,1-6H3;1-6,8-9H;/q2*-1;. The molecule has 4 aromatic heterocycles. The monoisotopic (exact) mass is 881 g/mol. The van der Waals surface area contributed by atoms with Crippen LogP contribution in [0.5, 0.6) is 0 Å². The Morgan fingerprint density at radius 3 is 2.22 bits per heavy atom. The summed E-state index contributed by atoms with van der Waals surface area (Å²) in [6.07, 6.45) is 3.73. The maximum Gasteiger partial charge on any atom is 0.0160 e. The van der Waals surface area contributed by atoms with Gasteiger partial charge >= 0.3 is 194 Å². The molecule has 0 amide bonds. The minimum absolute atomic E-state index is 0. The van der Waals surface area contributed by atoms with E-state index >= 15 is 0 Å². The van der Waals surface area contributed by atoms with E-state index in [1.165, 1.54) is 9.96 Å². The first-order valence-electron chi connectivity index (χ1n) is 16.3. The normalized spacial score (nSPS) is 11.7. The van der Waals surface area contributed by atoms with Gasteiger partial charge in [-0.25, -0.2) is 0 Å². The predicted octanol–water partition coefficient (Wildman–Crippen LogP) is 10.2. The number of hydrogen-bond acceptors (Lipinski definition) is 4. The molecule has 0 aliphatic carbocycles. The van der Waals surface area contributed by atoms with E-state index in [0.717, 1.165) is 55.8 Å². The first-order valence-corrected chi connectivity index (χ1v) is 23.6. The van der Waals surface area contributed by atoms with Crippen molar-refractivity contribution < 1.29 is 24.5 Å².